The van der Waals surface area contributed by atoms with Gasteiger partial charge in [-0.25, -0.2) is 9.13 Å². The number of imidazole rings is 1. The quantitative estimate of drug-likeness (QED) is 0.371. The van der Waals surface area contributed by atoms with Crippen LogP contribution in [0.5, 0.6) is 0 Å². The molecule has 0 aliphatic carbocycles. The van der Waals surface area contributed by atoms with Gasteiger partial charge in [0, 0.05) is 12.1 Å². The fourth-order valence-corrected chi connectivity index (χ4v) is 1.53. The summed E-state index contributed by atoms with van der Waals surface area (Å²) >= 11 is 0. The molecular formula is C11H12ClN3O2. The van der Waals surface area contributed by atoms with Crippen molar-refractivity contribution >= 4 is 5.69 Å². The molecule has 0 amide bonds. The molecule has 2 aromatic rings. The van der Waals surface area contributed by atoms with Crippen molar-refractivity contribution in [2.75, 3.05) is 0 Å². The highest BCUT2D eigenvalue weighted by Crippen LogP contribution is 2.12. The van der Waals surface area contributed by atoms with E-state index >= 15 is 0 Å². The summed E-state index contributed by atoms with van der Waals surface area (Å²) in [5.41, 5.74) is 1.17. The molecule has 5 nitrogen and oxygen atoms in total. The second kappa shape index (κ2) is 5.45. The molecule has 0 aliphatic rings. The number of non-ortho nitro benzene ring substituents is 1. The molecule has 1 heterocycles. The molecule has 2 rings (SSSR count). The van der Waals surface area contributed by atoms with Crippen LogP contribution in [0.15, 0.2) is 43.0 Å². The van der Waals surface area contributed by atoms with Crippen LogP contribution in [0, 0.1) is 10.1 Å². The van der Waals surface area contributed by atoms with Gasteiger partial charge in [0.25, 0.3) is 5.69 Å². The fourth-order valence-electron chi connectivity index (χ4n) is 1.53. The molecule has 0 N–H and O–H groups in total. The Morgan fingerprint density at radius 1 is 1.35 bits per heavy atom. The standard InChI is InChI=1S/C11H12N3O2.ClH/c1-12-6-7-13(9-12)8-10-2-4-11(5-3-10)14(15)16;/h2-7,9H,8H2,1H3;1H/q+1;/p-1. The normalized spacial score (nSPS) is 9.71. The van der Waals surface area contributed by atoms with Gasteiger partial charge in [-0.1, -0.05) is 0 Å². The van der Waals surface area contributed by atoms with Crippen LogP contribution in [0.25, 0.3) is 0 Å². The predicted molar refractivity (Wildman–Crippen MR) is 57.8 cm³/mol. The van der Waals surface area contributed by atoms with Gasteiger partial charge < -0.3 is 12.4 Å². The molecule has 1 aromatic heterocycles. The molecule has 0 unspecified atom stereocenters. The van der Waals surface area contributed by atoms with Crippen molar-refractivity contribution in [1.29, 1.82) is 0 Å². The zero-order valence-electron chi connectivity index (χ0n) is 9.28. The van der Waals surface area contributed by atoms with Crippen molar-refractivity contribution < 1.29 is 21.9 Å². The highest BCUT2D eigenvalue weighted by molar-refractivity contribution is 5.32. The number of hydrogen-bond acceptors (Lipinski definition) is 2. The van der Waals surface area contributed by atoms with Crippen LogP contribution in [0.2, 0.25) is 0 Å². The van der Waals surface area contributed by atoms with Gasteiger partial charge >= 0.3 is 0 Å². The maximum absolute atomic E-state index is 10.5. The largest absolute Gasteiger partial charge is 1.00 e. The lowest BCUT2D eigenvalue weighted by molar-refractivity contribution is -0.671. The highest BCUT2D eigenvalue weighted by atomic mass is 35.5. The van der Waals surface area contributed by atoms with Gasteiger partial charge in [-0.05, 0) is 17.7 Å². The van der Waals surface area contributed by atoms with Gasteiger partial charge in [0.2, 0.25) is 6.33 Å². The number of rotatable bonds is 3. The zero-order chi connectivity index (χ0) is 11.5. The number of nitro benzene ring substituents is 1. The SMILES string of the molecule is C[n+]1ccn(Cc2ccc([N+](=O)[O-])cc2)c1.[Cl-]. The number of halogens is 1. The average Bonchev–Trinajstić information content (AvgIpc) is 2.65. The molecule has 0 saturated heterocycles. The maximum atomic E-state index is 10.5. The van der Waals surface area contributed by atoms with E-state index < -0.39 is 0 Å². The molecule has 0 spiro atoms. The van der Waals surface area contributed by atoms with E-state index in [1.165, 1.54) is 12.1 Å². The number of aromatic nitrogens is 2. The van der Waals surface area contributed by atoms with E-state index in [2.05, 4.69) is 0 Å². The van der Waals surface area contributed by atoms with Crippen molar-refractivity contribution in [3.63, 3.8) is 0 Å². The Labute approximate surface area is 105 Å². The van der Waals surface area contributed by atoms with Crippen LogP contribution in [-0.2, 0) is 13.6 Å². The average molecular weight is 254 g/mol. The summed E-state index contributed by atoms with van der Waals surface area (Å²) in [5.74, 6) is 0. The molecular weight excluding hydrogens is 242 g/mol. The first kappa shape index (κ1) is 13.2. The molecule has 0 atom stereocenters. The molecule has 0 aliphatic heterocycles. The van der Waals surface area contributed by atoms with Gasteiger partial charge in [0.1, 0.15) is 18.9 Å². The minimum absolute atomic E-state index is 0. The Hall–Kier alpha value is -1.88. The predicted octanol–water partition coefficient (Wildman–Crippen LogP) is -1.73. The minimum atomic E-state index is -0.389. The van der Waals surface area contributed by atoms with E-state index in [9.17, 15) is 10.1 Å². The third kappa shape index (κ3) is 3.29. The van der Waals surface area contributed by atoms with Crippen molar-refractivity contribution in [3.05, 3.63) is 58.7 Å². The number of aryl methyl sites for hydroxylation is 1. The van der Waals surface area contributed by atoms with Gasteiger partial charge in [0.15, 0.2) is 0 Å². The minimum Gasteiger partial charge on any atom is -1.00 e. The Bertz CT molecular complexity index is 508. The molecule has 0 radical (unpaired) electrons. The Balaban J connectivity index is 0.00000144. The summed E-state index contributed by atoms with van der Waals surface area (Å²) in [6.07, 6.45) is 5.87. The van der Waals surface area contributed by atoms with Crippen molar-refractivity contribution in [2.45, 2.75) is 6.54 Å². The molecule has 17 heavy (non-hydrogen) atoms. The van der Waals surface area contributed by atoms with Crippen LogP contribution in [0.1, 0.15) is 5.56 Å². The van der Waals surface area contributed by atoms with E-state index in [1.807, 2.05) is 34.9 Å². The summed E-state index contributed by atoms with van der Waals surface area (Å²) in [5, 5.41) is 10.5. The molecule has 90 valence electrons. The number of benzene rings is 1. The second-order valence-corrected chi connectivity index (χ2v) is 3.67. The lowest BCUT2D eigenvalue weighted by atomic mass is 10.2. The van der Waals surface area contributed by atoms with Crippen molar-refractivity contribution in [3.8, 4) is 0 Å². The second-order valence-electron chi connectivity index (χ2n) is 3.67. The van der Waals surface area contributed by atoms with E-state index in [0.29, 0.717) is 0 Å². The topological polar surface area (TPSA) is 52.0 Å². The smallest absolute Gasteiger partial charge is 0.269 e. The van der Waals surface area contributed by atoms with Crippen LogP contribution < -0.4 is 17.0 Å². The first-order valence-corrected chi connectivity index (χ1v) is 4.89. The van der Waals surface area contributed by atoms with Crippen LogP contribution in [-0.4, -0.2) is 9.49 Å². The molecule has 0 fully saturated rings. The first-order valence-electron chi connectivity index (χ1n) is 4.89. The van der Waals surface area contributed by atoms with E-state index in [-0.39, 0.29) is 23.0 Å². The third-order valence-electron chi connectivity index (χ3n) is 2.34. The lowest BCUT2D eigenvalue weighted by Crippen LogP contribution is -3.00. The van der Waals surface area contributed by atoms with Gasteiger partial charge in [-0.2, -0.15) is 0 Å². The third-order valence-corrected chi connectivity index (χ3v) is 2.34. The molecule has 6 heteroatoms. The number of nitro groups is 1. The Morgan fingerprint density at radius 3 is 2.47 bits per heavy atom. The Kier molecular flexibility index (Phi) is 4.23. The number of hydrogen-bond donors (Lipinski definition) is 0. The first-order chi connectivity index (χ1) is 7.65. The van der Waals surface area contributed by atoms with Gasteiger partial charge in [-0.3, -0.25) is 10.1 Å². The maximum Gasteiger partial charge on any atom is 0.269 e. The van der Waals surface area contributed by atoms with Crippen LogP contribution >= 0.6 is 0 Å². The van der Waals surface area contributed by atoms with Crippen LogP contribution in [0.3, 0.4) is 0 Å². The Morgan fingerprint density at radius 2 is 2.00 bits per heavy atom. The molecule has 0 bridgehead atoms. The molecule has 0 saturated carbocycles. The van der Waals surface area contributed by atoms with Crippen LogP contribution in [0.4, 0.5) is 5.69 Å². The van der Waals surface area contributed by atoms with Crippen molar-refractivity contribution in [2.24, 2.45) is 7.05 Å². The fraction of sp³-hybridized carbons (Fsp3) is 0.182. The summed E-state index contributed by atoms with van der Waals surface area (Å²) in [6.45, 7) is 0.721. The van der Waals surface area contributed by atoms with Gasteiger partial charge in [0.05, 0.1) is 12.0 Å². The zero-order valence-corrected chi connectivity index (χ0v) is 10.0. The summed E-state index contributed by atoms with van der Waals surface area (Å²) in [4.78, 5) is 10.1. The van der Waals surface area contributed by atoms with Gasteiger partial charge in [-0.15, -0.1) is 0 Å². The number of nitrogens with zero attached hydrogens (tertiary/aromatic N) is 3. The summed E-state index contributed by atoms with van der Waals surface area (Å²) in [7, 11) is 1.95. The summed E-state index contributed by atoms with van der Waals surface area (Å²) < 4.78 is 3.96. The summed E-state index contributed by atoms with van der Waals surface area (Å²) in [6, 6.07) is 6.61. The highest BCUT2D eigenvalue weighted by Gasteiger charge is 2.06. The van der Waals surface area contributed by atoms with E-state index in [0.717, 1.165) is 12.1 Å². The monoisotopic (exact) mass is 253 g/mol. The lowest BCUT2D eigenvalue weighted by Gasteiger charge is -1.97. The molecule has 1 aromatic carbocycles. The van der Waals surface area contributed by atoms with E-state index in [1.54, 1.807) is 12.1 Å². The van der Waals surface area contributed by atoms with E-state index in [4.69, 9.17) is 0 Å². The van der Waals surface area contributed by atoms with Crippen molar-refractivity contribution in [1.82, 2.24) is 4.57 Å².